The van der Waals surface area contributed by atoms with Crippen molar-refractivity contribution in [3.8, 4) is 33.9 Å². The summed E-state index contributed by atoms with van der Waals surface area (Å²) in [5.41, 5.74) is 4.05. The summed E-state index contributed by atoms with van der Waals surface area (Å²) >= 11 is 0. The molecule has 0 bridgehead atoms. The van der Waals surface area contributed by atoms with Crippen molar-refractivity contribution < 1.29 is 144 Å². The minimum Gasteiger partial charge on any atom is -0.744 e. The molecule has 0 aliphatic carbocycles. The third kappa shape index (κ3) is 10.4. The van der Waals surface area contributed by atoms with E-state index in [9.17, 15) is 25.9 Å². The molecule has 0 N–H and O–H groups in total. The van der Waals surface area contributed by atoms with E-state index in [0.717, 1.165) is 5.56 Å². The van der Waals surface area contributed by atoms with Crippen molar-refractivity contribution in [2.24, 2.45) is 0 Å². The van der Waals surface area contributed by atoms with Gasteiger partial charge < -0.3 is 9.11 Å². The normalized spacial score (nSPS) is 11.1. The van der Waals surface area contributed by atoms with Crippen LogP contribution in [-0.2, 0) is 20.2 Å². The molecule has 18 heteroatoms. The van der Waals surface area contributed by atoms with Gasteiger partial charge in [-0.3, -0.25) is 0 Å². The van der Waals surface area contributed by atoms with Crippen LogP contribution in [0, 0.1) is 12.1 Å². The van der Waals surface area contributed by atoms with E-state index in [1.807, 2.05) is 12.1 Å². The second-order valence-corrected chi connectivity index (χ2v) is 12.0. The maximum atomic E-state index is 12.1. The first kappa shape index (κ1) is 42.9. The summed E-state index contributed by atoms with van der Waals surface area (Å²) in [6, 6.07) is 27.8. The number of nitrogens with zero attached hydrogens (tertiary/aromatic N) is 6. The van der Waals surface area contributed by atoms with Crippen LogP contribution in [0.1, 0.15) is 11.1 Å². The molecule has 0 amide bonds. The summed E-state index contributed by atoms with van der Waals surface area (Å²) in [6.45, 7) is 0. The summed E-state index contributed by atoms with van der Waals surface area (Å²) in [6.07, 6.45) is 6.13. The Bertz CT molecular complexity index is 2230. The molecule has 12 nitrogen and oxygen atoms in total. The van der Waals surface area contributed by atoms with Crippen molar-refractivity contribution in [1.82, 2.24) is 30.0 Å². The number of hydrogen-bond donors (Lipinski definition) is 0. The molecule has 0 aliphatic rings. The van der Waals surface area contributed by atoms with Crippen molar-refractivity contribution in [1.29, 1.82) is 0 Å². The van der Waals surface area contributed by atoms with Crippen LogP contribution in [0.25, 0.3) is 46.0 Å². The van der Waals surface area contributed by atoms with Gasteiger partial charge >= 0.3 is 118 Å². The van der Waals surface area contributed by atoms with Gasteiger partial charge in [0.15, 0.2) is 0 Å². The van der Waals surface area contributed by atoms with Gasteiger partial charge in [0.1, 0.15) is 25.9 Å². The van der Waals surface area contributed by atoms with E-state index in [4.69, 9.17) is 0 Å². The average molecular weight is 715 g/mol. The fourth-order valence-electron chi connectivity index (χ4n) is 4.23. The molecule has 6 rings (SSSR count). The minimum atomic E-state index is -4.84. The minimum absolute atomic E-state index is 0. The van der Waals surface area contributed by atoms with Crippen LogP contribution < -0.4 is 118 Å². The smallest absolute Gasteiger partial charge is 0.744 e. The largest absolute Gasteiger partial charge is 1.00 e. The van der Waals surface area contributed by atoms with Gasteiger partial charge in [0, 0.05) is 11.3 Å². The van der Waals surface area contributed by atoms with Crippen LogP contribution in [-0.4, -0.2) is 55.9 Å². The summed E-state index contributed by atoms with van der Waals surface area (Å²) in [5.74, 6) is 0. The topological polar surface area (TPSA) is 176 Å². The number of benzene rings is 4. The monoisotopic (exact) mass is 714 g/mol. The third-order valence-electron chi connectivity index (χ3n) is 6.43. The molecule has 0 saturated heterocycles. The Morgan fingerprint density at radius 1 is 0.646 bits per heavy atom. The first-order chi connectivity index (χ1) is 21.0. The van der Waals surface area contributed by atoms with E-state index in [0.29, 0.717) is 33.9 Å². The Hall–Kier alpha value is -1.28. The average Bonchev–Trinajstić information content (AvgIpc) is 3.71. The maximum absolute atomic E-state index is 12.1. The third-order valence-corrected chi connectivity index (χ3v) is 8.17. The van der Waals surface area contributed by atoms with Gasteiger partial charge in [-0.15, -0.1) is 35.9 Å². The molecule has 0 fully saturated rings. The first-order valence-corrected chi connectivity index (χ1v) is 15.5. The SMILES string of the molecule is O=S(=O)([O-])c1ccc(-c2cnn(-c3c[c-]c(/C=C/c4ccc(-n5ncc(-c6cc[c-]cc6)n5)cc4S(=O)(=O)[O-])cc3)n2)cc1.[Na+].[Na+].[Na+].[Na+]. The Balaban J connectivity index is 0.00000200. The van der Waals surface area contributed by atoms with Gasteiger partial charge in [-0.2, -0.15) is 65.9 Å². The summed E-state index contributed by atoms with van der Waals surface area (Å²) < 4.78 is 69.9. The Morgan fingerprint density at radius 2 is 1.21 bits per heavy atom. The molecule has 0 radical (unpaired) electrons. The van der Waals surface area contributed by atoms with Gasteiger partial charge in [0.05, 0.1) is 33.6 Å². The zero-order valence-electron chi connectivity index (χ0n) is 26.3. The molecule has 0 saturated carbocycles. The molecule has 48 heavy (non-hydrogen) atoms. The molecule has 0 aliphatic heterocycles. The molecule has 2 aromatic heterocycles. The van der Waals surface area contributed by atoms with Crippen molar-refractivity contribution in [3.05, 3.63) is 121 Å². The molecule has 0 spiro atoms. The van der Waals surface area contributed by atoms with E-state index in [-0.39, 0.29) is 129 Å². The molecular weight excluding hydrogens is 696 g/mol. The number of rotatable bonds is 8. The molecular formula is C30H18N6Na4O6S2. The second-order valence-electron chi connectivity index (χ2n) is 9.32. The van der Waals surface area contributed by atoms with E-state index in [1.54, 1.807) is 42.5 Å². The van der Waals surface area contributed by atoms with E-state index in [1.165, 1.54) is 64.5 Å². The van der Waals surface area contributed by atoms with Crippen LogP contribution in [0.3, 0.4) is 0 Å². The van der Waals surface area contributed by atoms with Crippen molar-refractivity contribution in [3.63, 3.8) is 0 Å². The Labute approximate surface area is 365 Å². The second kappa shape index (κ2) is 18.3. The van der Waals surface area contributed by atoms with Crippen LogP contribution >= 0.6 is 0 Å². The van der Waals surface area contributed by atoms with E-state index >= 15 is 0 Å². The molecule has 2 heterocycles. The Kier molecular flexibility index (Phi) is 16.3. The molecule has 0 unspecified atom stereocenters. The van der Waals surface area contributed by atoms with Crippen LogP contribution in [0.15, 0.2) is 107 Å². The van der Waals surface area contributed by atoms with Crippen LogP contribution in [0.4, 0.5) is 0 Å². The predicted octanol–water partition coefficient (Wildman–Crippen LogP) is -8.22. The summed E-state index contributed by atoms with van der Waals surface area (Å²) in [4.78, 5) is 1.84. The molecule has 6 aromatic rings. The van der Waals surface area contributed by atoms with Crippen LogP contribution in [0.5, 0.6) is 0 Å². The standard InChI is InChI=1S/C30H20N6O6S2.4Na/c37-43(38,39)27-16-11-23(12-17-27)29-20-31-35(33-29)25-13-7-21(8-14-25)6-9-24-10-15-26(18-30(24)44(40,41)42)36-32-19-28(34-36)22-4-2-1-3-5-22;;;;/h2-7,9-20H,(H,37,38,39)(H,40,41,42);;;;/q-2;4*+1/p-2/b9-6+;;;;. The maximum Gasteiger partial charge on any atom is 1.00 e. The van der Waals surface area contributed by atoms with Crippen molar-refractivity contribution in [2.45, 2.75) is 9.79 Å². The van der Waals surface area contributed by atoms with Crippen LogP contribution in [0.2, 0.25) is 0 Å². The molecule has 4 aromatic carbocycles. The van der Waals surface area contributed by atoms with Gasteiger partial charge in [-0.1, -0.05) is 24.3 Å². The fraction of sp³-hybridized carbons (Fsp3) is 0. The Morgan fingerprint density at radius 3 is 1.75 bits per heavy atom. The van der Waals surface area contributed by atoms with Crippen molar-refractivity contribution in [2.75, 3.05) is 0 Å². The van der Waals surface area contributed by atoms with Gasteiger partial charge in [-0.05, 0) is 29.8 Å². The summed E-state index contributed by atoms with van der Waals surface area (Å²) in [5, 5.41) is 17.2. The van der Waals surface area contributed by atoms with E-state index < -0.39 is 25.1 Å². The number of aromatic nitrogens is 6. The predicted molar refractivity (Wildman–Crippen MR) is 156 cm³/mol. The quantitative estimate of drug-likeness (QED) is 0.0638. The van der Waals surface area contributed by atoms with Gasteiger partial charge in [0.2, 0.25) is 0 Å². The van der Waals surface area contributed by atoms with Gasteiger partial charge in [-0.25, -0.2) is 16.8 Å². The van der Waals surface area contributed by atoms with Gasteiger partial charge in [0.25, 0.3) is 0 Å². The zero-order chi connectivity index (χ0) is 30.9. The molecule has 0 atom stereocenters. The first-order valence-electron chi connectivity index (χ1n) is 12.7. The zero-order valence-corrected chi connectivity index (χ0v) is 36.0. The molecule has 220 valence electrons. The fourth-order valence-corrected chi connectivity index (χ4v) is 5.39. The number of hydrogen-bond acceptors (Lipinski definition) is 10. The summed E-state index contributed by atoms with van der Waals surface area (Å²) in [7, 11) is -9.39. The van der Waals surface area contributed by atoms with E-state index in [2.05, 4.69) is 32.5 Å². The van der Waals surface area contributed by atoms with Crippen molar-refractivity contribution >= 4 is 32.4 Å².